The van der Waals surface area contributed by atoms with Gasteiger partial charge < -0.3 is 10.2 Å². The maximum Gasteiger partial charge on any atom is 0.244 e. The molecule has 0 saturated carbocycles. The summed E-state index contributed by atoms with van der Waals surface area (Å²) in [5.41, 5.74) is 1.77. The molecule has 0 spiro atoms. The largest absolute Gasteiger partial charge is 0.350 e. The monoisotopic (exact) mass is 487 g/mol. The van der Waals surface area contributed by atoms with Crippen LogP contribution in [0.4, 0.5) is 5.69 Å². The first-order valence-electron chi connectivity index (χ1n) is 11.5. The van der Waals surface area contributed by atoms with E-state index in [2.05, 4.69) is 5.32 Å². The molecule has 0 bridgehead atoms. The van der Waals surface area contributed by atoms with Gasteiger partial charge in [0.15, 0.2) is 0 Å². The highest BCUT2D eigenvalue weighted by Crippen LogP contribution is 2.23. The fourth-order valence-corrected chi connectivity index (χ4v) is 4.69. The summed E-state index contributed by atoms with van der Waals surface area (Å²) in [5.74, 6) is -0.668. The Balaban J connectivity index is 2.39. The Morgan fingerprint density at radius 2 is 1.59 bits per heavy atom. The van der Waals surface area contributed by atoms with Gasteiger partial charge in [-0.1, -0.05) is 55.5 Å². The molecule has 2 aromatic carbocycles. The third kappa shape index (κ3) is 7.87. The van der Waals surface area contributed by atoms with E-state index in [1.54, 1.807) is 25.1 Å². The van der Waals surface area contributed by atoms with Crippen molar-refractivity contribution in [3.8, 4) is 0 Å². The summed E-state index contributed by atoms with van der Waals surface area (Å²) in [6.45, 7) is 9.23. The summed E-state index contributed by atoms with van der Waals surface area (Å²) in [4.78, 5) is 28.3. The number of carbonyl (C=O) groups is 2. The molecule has 8 heteroatoms. The first kappa shape index (κ1) is 27.4. The smallest absolute Gasteiger partial charge is 0.244 e. The quantitative estimate of drug-likeness (QED) is 0.556. The van der Waals surface area contributed by atoms with Gasteiger partial charge in [0.2, 0.25) is 21.8 Å². The van der Waals surface area contributed by atoms with Gasteiger partial charge in [-0.15, -0.1) is 0 Å². The summed E-state index contributed by atoms with van der Waals surface area (Å²) >= 11 is 0. The molecule has 0 radical (unpaired) electrons. The van der Waals surface area contributed by atoms with Crippen molar-refractivity contribution in [3.05, 3.63) is 65.7 Å². The number of hydrogen-bond donors (Lipinski definition) is 1. The van der Waals surface area contributed by atoms with Crippen LogP contribution in [0.5, 0.6) is 0 Å². The molecule has 0 aromatic heterocycles. The third-order valence-electron chi connectivity index (χ3n) is 5.43. The van der Waals surface area contributed by atoms with E-state index in [1.165, 1.54) is 4.90 Å². The number of hydrogen-bond acceptors (Lipinski definition) is 4. The van der Waals surface area contributed by atoms with Gasteiger partial charge in [0.25, 0.3) is 0 Å². The molecule has 1 atom stereocenters. The Bertz CT molecular complexity index is 1080. The third-order valence-corrected chi connectivity index (χ3v) is 6.56. The highest BCUT2D eigenvalue weighted by molar-refractivity contribution is 7.92. The molecule has 7 nitrogen and oxygen atoms in total. The number of para-hydroxylation sites is 1. The predicted octanol–water partition coefficient (Wildman–Crippen LogP) is 3.53. The van der Waals surface area contributed by atoms with Crippen LogP contribution < -0.4 is 9.62 Å². The minimum Gasteiger partial charge on any atom is -0.350 e. The molecular formula is C26H37N3O4S. The molecule has 1 N–H and O–H groups in total. The van der Waals surface area contributed by atoms with E-state index in [4.69, 9.17) is 0 Å². The van der Waals surface area contributed by atoms with Gasteiger partial charge in [-0.2, -0.15) is 0 Å². The van der Waals surface area contributed by atoms with E-state index >= 15 is 0 Å². The van der Waals surface area contributed by atoms with Crippen molar-refractivity contribution < 1.29 is 18.0 Å². The summed E-state index contributed by atoms with van der Waals surface area (Å²) in [5, 5.41) is 2.96. The molecule has 2 aromatic rings. The van der Waals surface area contributed by atoms with E-state index < -0.39 is 27.5 Å². The lowest BCUT2D eigenvalue weighted by Crippen LogP contribution is -2.56. The van der Waals surface area contributed by atoms with Gasteiger partial charge >= 0.3 is 0 Å². The molecule has 0 fully saturated rings. The highest BCUT2D eigenvalue weighted by atomic mass is 32.2. The maximum atomic E-state index is 13.6. The number of anilines is 1. The number of amides is 2. The number of nitrogens with zero attached hydrogens (tertiary/aromatic N) is 2. The van der Waals surface area contributed by atoms with Crippen molar-refractivity contribution in [2.24, 2.45) is 0 Å². The number of rotatable bonds is 10. The number of benzene rings is 2. The lowest BCUT2D eigenvalue weighted by Gasteiger charge is -2.34. The van der Waals surface area contributed by atoms with Crippen LogP contribution in [-0.4, -0.2) is 56.1 Å². The average molecular weight is 488 g/mol. The van der Waals surface area contributed by atoms with Crippen molar-refractivity contribution in [1.29, 1.82) is 0 Å². The Labute approximate surface area is 204 Å². The van der Waals surface area contributed by atoms with Crippen LogP contribution in [0.3, 0.4) is 0 Å². The zero-order valence-corrected chi connectivity index (χ0v) is 21.9. The van der Waals surface area contributed by atoms with E-state index in [0.717, 1.165) is 21.7 Å². The number of carbonyl (C=O) groups excluding carboxylic acids is 2. The Morgan fingerprint density at radius 1 is 1.00 bits per heavy atom. The molecule has 0 unspecified atom stereocenters. The van der Waals surface area contributed by atoms with Crippen molar-refractivity contribution in [3.63, 3.8) is 0 Å². The number of nitrogens with one attached hydrogen (secondary N) is 1. The van der Waals surface area contributed by atoms with Gasteiger partial charge in [-0.3, -0.25) is 13.9 Å². The maximum absolute atomic E-state index is 13.6. The van der Waals surface area contributed by atoms with E-state index in [1.807, 2.05) is 64.1 Å². The summed E-state index contributed by atoms with van der Waals surface area (Å²) in [6, 6.07) is 16.0. The van der Waals surface area contributed by atoms with Crippen LogP contribution in [0.15, 0.2) is 54.6 Å². The molecular weight excluding hydrogens is 450 g/mol. The van der Waals surface area contributed by atoms with Gasteiger partial charge in [-0.05, 0) is 57.7 Å². The predicted molar refractivity (Wildman–Crippen MR) is 137 cm³/mol. The molecule has 186 valence electrons. The van der Waals surface area contributed by atoms with Crippen molar-refractivity contribution in [1.82, 2.24) is 10.2 Å². The molecule has 2 amide bonds. The molecule has 0 heterocycles. The normalized spacial score (nSPS) is 12.6. The van der Waals surface area contributed by atoms with Crippen molar-refractivity contribution >= 4 is 27.5 Å². The van der Waals surface area contributed by atoms with Crippen molar-refractivity contribution in [2.45, 2.75) is 59.0 Å². The zero-order valence-electron chi connectivity index (χ0n) is 21.0. The van der Waals surface area contributed by atoms with Crippen LogP contribution in [-0.2, 0) is 26.0 Å². The van der Waals surface area contributed by atoms with Crippen LogP contribution in [0.25, 0.3) is 0 Å². The van der Waals surface area contributed by atoms with E-state index in [0.29, 0.717) is 25.1 Å². The van der Waals surface area contributed by atoms with Gasteiger partial charge in [0, 0.05) is 12.1 Å². The van der Waals surface area contributed by atoms with Gasteiger partial charge in [-0.25, -0.2) is 8.42 Å². The first-order chi connectivity index (χ1) is 15.8. The van der Waals surface area contributed by atoms with E-state index in [-0.39, 0.29) is 12.5 Å². The zero-order chi connectivity index (χ0) is 25.5. The fourth-order valence-electron chi connectivity index (χ4n) is 3.79. The lowest BCUT2D eigenvalue weighted by atomic mass is 10.1. The molecule has 0 aliphatic carbocycles. The Hall–Kier alpha value is -2.87. The molecule has 0 aliphatic heterocycles. The second-order valence-corrected chi connectivity index (χ2v) is 11.4. The number of sulfonamides is 1. The van der Waals surface area contributed by atoms with Gasteiger partial charge in [0.05, 0.1) is 11.9 Å². The van der Waals surface area contributed by atoms with Crippen LogP contribution in [0, 0.1) is 6.92 Å². The second kappa shape index (κ2) is 11.5. The van der Waals surface area contributed by atoms with Crippen LogP contribution >= 0.6 is 0 Å². The molecule has 2 rings (SSSR count). The van der Waals surface area contributed by atoms with Gasteiger partial charge in [0.1, 0.15) is 12.6 Å². The average Bonchev–Trinajstić information content (AvgIpc) is 2.74. The second-order valence-electron chi connectivity index (χ2n) is 9.54. The van der Waals surface area contributed by atoms with Crippen molar-refractivity contribution in [2.75, 3.05) is 23.7 Å². The fraction of sp³-hybridized carbons (Fsp3) is 0.462. The topological polar surface area (TPSA) is 86.8 Å². The SMILES string of the molecule is CC[C@H](C(=O)NC(C)(C)C)N(CCc1ccccc1)C(=O)CN(c1ccccc1C)S(C)(=O)=O. The Morgan fingerprint density at radius 3 is 2.12 bits per heavy atom. The summed E-state index contributed by atoms with van der Waals surface area (Å²) < 4.78 is 26.4. The minimum absolute atomic E-state index is 0.252. The summed E-state index contributed by atoms with van der Waals surface area (Å²) in [7, 11) is -3.73. The minimum atomic E-state index is -3.73. The van der Waals surface area contributed by atoms with E-state index in [9.17, 15) is 18.0 Å². The highest BCUT2D eigenvalue weighted by Gasteiger charge is 2.33. The molecule has 0 aliphatic rings. The van der Waals surface area contributed by atoms with Crippen LogP contribution in [0.1, 0.15) is 45.2 Å². The Kier molecular flexibility index (Phi) is 9.27. The molecule has 34 heavy (non-hydrogen) atoms. The standard InChI is InChI=1S/C26H37N3O4S/c1-7-22(25(31)27-26(3,4)5)28(18-17-21-14-9-8-10-15-21)24(30)19-29(34(6,32)33)23-16-12-11-13-20(23)2/h8-16,22H,7,17-19H2,1-6H3,(H,27,31)/t22-/m1/s1. The summed E-state index contributed by atoms with van der Waals surface area (Å²) in [6.07, 6.45) is 2.05. The van der Waals surface area contributed by atoms with Crippen LogP contribution in [0.2, 0.25) is 0 Å². The molecule has 0 saturated heterocycles. The first-order valence-corrected chi connectivity index (χ1v) is 13.4. The lowest BCUT2D eigenvalue weighted by molar-refractivity contribution is -0.140. The number of aryl methyl sites for hydroxylation is 1.